The Morgan fingerprint density at radius 2 is 1.86 bits per heavy atom. The van der Waals surface area contributed by atoms with Crippen molar-refractivity contribution in [3.05, 3.63) is 70.1 Å². The summed E-state index contributed by atoms with van der Waals surface area (Å²) in [6.45, 7) is 7.52. The van der Waals surface area contributed by atoms with Crippen LogP contribution >= 0.6 is 11.6 Å². The van der Waals surface area contributed by atoms with Gasteiger partial charge in [0.2, 0.25) is 0 Å². The van der Waals surface area contributed by atoms with Crippen LogP contribution in [0.15, 0.2) is 42.5 Å². The summed E-state index contributed by atoms with van der Waals surface area (Å²) in [5.41, 5.74) is 5.23. The number of nitrogens with zero attached hydrogens (tertiary/aromatic N) is 2. The second-order valence-corrected chi connectivity index (χ2v) is 9.45. The first-order valence-corrected chi connectivity index (χ1v) is 10.6. The third-order valence-electron chi connectivity index (χ3n) is 6.49. The Kier molecular flexibility index (Phi) is 4.29. The molecule has 0 N–H and O–H groups in total. The van der Waals surface area contributed by atoms with Crippen molar-refractivity contribution in [1.29, 1.82) is 0 Å². The van der Waals surface area contributed by atoms with E-state index in [1.165, 1.54) is 35.0 Å². The lowest BCUT2D eigenvalue weighted by atomic mass is 9.84. The number of aromatic nitrogens is 1. The molecule has 2 aliphatic rings. The van der Waals surface area contributed by atoms with Gasteiger partial charge in [-0.1, -0.05) is 37.6 Å². The zero-order valence-electron chi connectivity index (χ0n) is 16.5. The van der Waals surface area contributed by atoms with Crippen LogP contribution in [0.2, 0.25) is 5.02 Å². The first-order valence-electron chi connectivity index (χ1n) is 10.2. The molecule has 28 heavy (non-hydrogen) atoms. The van der Waals surface area contributed by atoms with Gasteiger partial charge >= 0.3 is 0 Å². The molecular formula is C24H26ClFN2. The molecule has 2 nitrogen and oxygen atoms in total. The highest BCUT2D eigenvalue weighted by Crippen LogP contribution is 2.38. The fourth-order valence-corrected chi connectivity index (χ4v) is 4.93. The number of fused-ring (bicyclic) bond motifs is 3. The van der Waals surface area contributed by atoms with E-state index in [-0.39, 0.29) is 11.2 Å². The minimum Gasteiger partial charge on any atom is -0.343 e. The van der Waals surface area contributed by atoms with Crippen LogP contribution in [0, 0.1) is 5.82 Å². The van der Waals surface area contributed by atoms with Crippen LogP contribution < -0.4 is 0 Å². The van der Waals surface area contributed by atoms with E-state index in [1.54, 1.807) is 12.1 Å². The largest absolute Gasteiger partial charge is 0.343 e. The Balaban J connectivity index is 1.58. The van der Waals surface area contributed by atoms with Crippen LogP contribution in [-0.4, -0.2) is 22.1 Å². The van der Waals surface area contributed by atoms with Gasteiger partial charge in [-0.2, -0.15) is 0 Å². The van der Waals surface area contributed by atoms with Gasteiger partial charge in [0.25, 0.3) is 0 Å². The third kappa shape index (κ3) is 3.15. The molecule has 146 valence electrons. The fraction of sp³-hybridized carbons (Fsp3) is 0.417. The van der Waals surface area contributed by atoms with Gasteiger partial charge in [-0.25, -0.2) is 4.39 Å². The molecule has 1 aliphatic carbocycles. The molecule has 5 rings (SSSR count). The van der Waals surface area contributed by atoms with Crippen LogP contribution in [0.1, 0.15) is 43.5 Å². The highest BCUT2D eigenvalue weighted by molar-refractivity contribution is 6.31. The van der Waals surface area contributed by atoms with E-state index in [1.807, 2.05) is 18.2 Å². The first-order chi connectivity index (χ1) is 13.4. The summed E-state index contributed by atoms with van der Waals surface area (Å²) in [7, 11) is 0. The summed E-state index contributed by atoms with van der Waals surface area (Å²) in [4.78, 5) is 2.64. The quantitative estimate of drug-likeness (QED) is 0.530. The molecular weight excluding hydrogens is 371 g/mol. The Hall–Kier alpha value is -1.84. The molecule has 3 aromatic rings. The maximum atomic E-state index is 13.4. The maximum absolute atomic E-state index is 13.4. The normalized spacial score (nSPS) is 17.9. The molecule has 0 unspecified atom stereocenters. The van der Waals surface area contributed by atoms with Crippen molar-refractivity contribution < 1.29 is 4.39 Å². The Labute approximate surface area is 170 Å². The van der Waals surface area contributed by atoms with Crippen molar-refractivity contribution in [3.63, 3.8) is 0 Å². The summed E-state index contributed by atoms with van der Waals surface area (Å²) in [5.74, 6) is -0.182. The highest BCUT2D eigenvalue weighted by atomic mass is 35.5. The van der Waals surface area contributed by atoms with Gasteiger partial charge in [0, 0.05) is 59.1 Å². The standard InChI is InChI=1S/C24H26ClFN2/c1-24(2,16-3-6-18(26)7-4-16)15-28-22-10-5-17(25)13-20(22)21-14-27(19-8-9-19)12-11-23(21)28/h3-7,10,13,19H,8-9,11-12,14-15H2,1-2H3. The summed E-state index contributed by atoms with van der Waals surface area (Å²) in [6, 6.07) is 14.0. The van der Waals surface area contributed by atoms with E-state index >= 15 is 0 Å². The zero-order chi connectivity index (χ0) is 19.5. The number of rotatable bonds is 4. The van der Waals surface area contributed by atoms with E-state index in [0.29, 0.717) is 0 Å². The van der Waals surface area contributed by atoms with E-state index in [0.717, 1.165) is 42.7 Å². The summed E-state index contributed by atoms with van der Waals surface area (Å²) < 4.78 is 15.9. The number of halogens is 2. The van der Waals surface area contributed by atoms with Gasteiger partial charge in [0.1, 0.15) is 5.82 Å². The van der Waals surface area contributed by atoms with Crippen LogP contribution in [0.25, 0.3) is 10.9 Å². The summed E-state index contributed by atoms with van der Waals surface area (Å²) in [6.07, 6.45) is 3.76. The Bertz CT molecular complexity index is 1030. The number of benzene rings is 2. The van der Waals surface area contributed by atoms with E-state index in [9.17, 15) is 4.39 Å². The molecule has 1 aromatic heterocycles. The molecule has 0 radical (unpaired) electrons. The van der Waals surface area contributed by atoms with Crippen molar-refractivity contribution in [3.8, 4) is 0 Å². The monoisotopic (exact) mass is 396 g/mol. The highest BCUT2D eigenvalue weighted by Gasteiger charge is 2.34. The van der Waals surface area contributed by atoms with Gasteiger partial charge in [0.15, 0.2) is 0 Å². The summed E-state index contributed by atoms with van der Waals surface area (Å²) in [5, 5.41) is 2.09. The molecule has 0 spiro atoms. The number of hydrogen-bond acceptors (Lipinski definition) is 1. The Morgan fingerprint density at radius 3 is 2.57 bits per heavy atom. The van der Waals surface area contributed by atoms with Gasteiger partial charge in [0.05, 0.1) is 0 Å². The first kappa shape index (κ1) is 18.2. The van der Waals surface area contributed by atoms with Gasteiger partial charge in [-0.15, -0.1) is 0 Å². The second-order valence-electron chi connectivity index (χ2n) is 9.02. The average molecular weight is 397 g/mol. The third-order valence-corrected chi connectivity index (χ3v) is 6.72. The van der Waals surface area contributed by atoms with E-state index in [2.05, 4.69) is 35.4 Å². The molecule has 0 atom stereocenters. The van der Waals surface area contributed by atoms with Crippen LogP contribution in [0.5, 0.6) is 0 Å². The molecule has 0 saturated heterocycles. The molecule has 2 heterocycles. The smallest absolute Gasteiger partial charge is 0.123 e. The average Bonchev–Trinajstić information content (AvgIpc) is 3.48. The zero-order valence-corrected chi connectivity index (χ0v) is 17.3. The van der Waals surface area contributed by atoms with Crippen LogP contribution in [-0.2, 0) is 24.9 Å². The van der Waals surface area contributed by atoms with Crippen molar-refractivity contribution >= 4 is 22.5 Å². The van der Waals surface area contributed by atoms with Gasteiger partial charge in [-0.3, -0.25) is 4.90 Å². The minimum absolute atomic E-state index is 0.0965. The predicted octanol–water partition coefficient (Wildman–Crippen LogP) is 5.93. The van der Waals surface area contributed by atoms with Crippen molar-refractivity contribution in [2.75, 3.05) is 6.54 Å². The molecule has 0 bridgehead atoms. The van der Waals surface area contributed by atoms with E-state index < -0.39 is 0 Å². The molecule has 1 saturated carbocycles. The number of hydrogen-bond donors (Lipinski definition) is 0. The SMILES string of the molecule is CC(C)(Cn1c2c(c3cc(Cl)ccc31)CN(C1CC1)CC2)c1ccc(F)cc1. The lowest BCUT2D eigenvalue weighted by Gasteiger charge is -2.31. The Morgan fingerprint density at radius 1 is 1.11 bits per heavy atom. The fourth-order valence-electron chi connectivity index (χ4n) is 4.76. The van der Waals surface area contributed by atoms with Crippen LogP contribution in [0.4, 0.5) is 4.39 Å². The molecule has 1 fully saturated rings. The van der Waals surface area contributed by atoms with Crippen LogP contribution in [0.3, 0.4) is 0 Å². The molecule has 4 heteroatoms. The lowest BCUT2D eigenvalue weighted by Crippen LogP contribution is -2.34. The molecule has 2 aromatic carbocycles. The second kappa shape index (κ2) is 6.60. The molecule has 1 aliphatic heterocycles. The van der Waals surface area contributed by atoms with Crippen molar-refractivity contribution in [2.24, 2.45) is 0 Å². The van der Waals surface area contributed by atoms with E-state index in [4.69, 9.17) is 11.6 Å². The minimum atomic E-state index is -0.182. The molecule has 0 amide bonds. The maximum Gasteiger partial charge on any atom is 0.123 e. The van der Waals surface area contributed by atoms with Gasteiger partial charge in [-0.05, 0) is 54.3 Å². The summed E-state index contributed by atoms with van der Waals surface area (Å²) >= 11 is 6.37. The van der Waals surface area contributed by atoms with Gasteiger partial charge < -0.3 is 4.57 Å². The lowest BCUT2D eigenvalue weighted by molar-refractivity contribution is 0.240. The van der Waals surface area contributed by atoms with Crippen molar-refractivity contribution in [1.82, 2.24) is 9.47 Å². The van der Waals surface area contributed by atoms with Crippen molar-refractivity contribution in [2.45, 2.75) is 57.7 Å². The predicted molar refractivity (Wildman–Crippen MR) is 114 cm³/mol. The topological polar surface area (TPSA) is 8.17 Å².